The normalized spacial score (nSPS) is 16.5. The first-order valence-electron chi connectivity index (χ1n) is 7.10. The molecule has 0 aliphatic carbocycles. The van der Waals surface area contributed by atoms with Crippen molar-refractivity contribution < 1.29 is 9.53 Å². The summed E-state index contributed by atoms with van der Waals surface area (Å²) in [4.78, 5) is 12.5. The van der Waals surface area contributed by atoms with E-state index >= 15 is 0 Å². The van der Waals surface area contributed by atoms with Crippen LogP contribution in [-0.4, -0.2) is 35.8 Å². The molecule has 19 heavy (non-hydrogen) atoms. The van der Waals surface area contributed by atoms with E-state index < -0.39 is 0 Å². The predicted molar refractivity (Wildman–Crippen MR) is 73.6 cm³/mol. The van der Waals surface area contributed by atoms with Gasteiger partial charge in [-0.1, -0.05) is 6.92 Å². The highest BCUT2D eigenvalue weighted by molar-refractivity contribution is 5.97. The molecular formula is C14H23N3O2. The second-order valence-corrected chi connectivity index (χ2v) is 5.11. The summed E-state index contributed by atoms with van der Waals surface area (Å²) in [5.74, 6) is 1.26. The Morgan fingerprint density at radius 3 is 2.89 bits per heavy atom. The largest absolute Gasteiger partial charge is 0.493 e. The fraction of sp³-hybridized carbons (Fsp3) is 0.714. The lowest BCUT2D eigenvalue weighted by molar-refractivity contribution is 0.0938. The van der Waals surface area contributed by atoms with E-state index in [1.165, 1.54) is 0 Å². The van der Waals surface area contributed by atoms with Crippen molar-refractivity contribution >= 4 is 5.78 Å². The summed E-state index contributed by atoms with van der Waals surface area (Å²) in [6.45, 7) is 4.87. The molecule has 1 fully saturated rings. The first-order valence-corrected chi connectivity index (χ1v) is 7.10. The minimum atomic E-state index is 0.162. The van der Waals surface area contributed by atoms with Crippen molar-refractivity contribution in [2.75, 3.05) is 20.2 Å². The summed E-state index contributed by atoms with van der Waals surface area (Å²) >= 11 is 0. The van der Waals surface area contributed by atoms with Crippen LogP contribution < -0.4 is 10.1 Å². The summed E-state index contributed by atoms with van der Waals surface area (Å²) in [6.07, 6.45) is 5.36. The zero-order chi connectivity index (χ0) is 13.7. The van der Waals surface area contributed by atoms with Crippen molar-refractivity contribution in [3.8, 4) is 5.75 Å². The van der Waals surface area contributed by atoms with Gasteiger partial charge in [0.25, 0.3) is 0 Å². The first kappa shape index (κ1) is 14.1. The van der Waals surface area contributed by atoms with Gasteiger partial charge in [-0.05, 0) is 38.3 Å². The van der Waals surface area contributed by atoms with E-state index in [0.29, 0.717) is 23.8 Å². The van der Waals surface area contributed by atoms with Crippen molar-refractivity contribution in [1.29, 1.82) is 0 Å². The number of ketones is 1. The van der Waals surface area contributed by atoms with Crippen LogP contribution in [0.1, 0.15) is 43.1 Å². The number of carbonyl (C=O) groups excluding carboxylic acids is 1. The predicted octanol–water partition coefficient (Wildman–Crippen LogP) is 1.87. The first-order chi connectivity index (χ1) is 9.26. The lowest BCUT2D eigenvalue weighted by atomic mass is 9.92. The molecular weight excluding hydrogens is 242 g/mol. The maximum Gasteiger partial charge on any atom is 0.184 e. The van der Waals surface area contributed by atoms with Crippen LogP contribution in [0, 0.1) is 5.92 Å². The lowest BCUT2D eigenvalue weighted by Crippen LogP contribution is -2.29. The Morgan fingerprint density at radius 2 is 2.26 bits per heavy atom. The number of Topliss-reactive ketones (excluding diaryl/α,β-unsaturated/α-hetero) is 1. The fourth-order valence-corrected chi connectivity index (χ4v) is 2.62. The Balaban J connectivity index is 2.09. The molecule has 2 heterocycles. The topological polar surface area (TPSA) is 56.2 Å². The quantitative estimate of drug-likeness (QED) is 0.798. The molecule has 1 N–H and O–H groups in total. The van der Waals surface area contributed by atoms with Crippen molar-refractivity contribution in [2.24, 2.45) is 5.92 Å². The Hall–Kier alpha value is -1.36. The minimum absolute atomic E-state index is 0.162. The Morgan fingerprint density at radius 1 is 1.53 bits per heavy atom. The van der Waals surface area contributed by atoms with Crippen LogP contribution in [0.2, 0.25) is 0 Å². The molecule has 106 valence electrons. The number of hydrogen-bond acceptors (Lipinski definition) is 4. The number of ether oxygens (including phenoxy) is 1. The summed E-state index contributed by atoms with van der Waals surface area (Å²) in [5, 5.41) is 7.57. The van der Waals surface area contributed by atoms with Crippen LogP contribution in [0.15, 0.2) is 6.20 Å². The van der Waals surface area contributed by atoms with Gasteiger partial charge in [0.2, 0.25) is 0 Å². The van der Waals surface area contributed by atoms with Crippen LogP contribution >= 0.6 is 0 Å². The van der Waals surface area contributed by atoms with Gasteiger partial charge in [0.15, 0.2) is 11.5 Å². The van der Waals surface area contributed by atoms with E-state index in [4.69, 9.17) is 4.74 Å². The molecule has 5 nitrogen and oxygen atoms in total. The maximum absolute atomic E-state index is 12.5. The Bertz CT molecular complexity index is 422. The molecule has 1 saturated heterocycles. The lowest BCUT2D eigenvalue weighted by Gasteiger charge is -2.22. The zero-order valence-electron chi connectivity index (χ0n) is 11.8. The van der Waals surface area contributed by atoms with E-state index in [-0.39, 0.29) is 5.78 Å². The van der Waals surface area contributed by atoms with Gasteiger partial charge in [-0.2, -0.15) is 5.10 Å². The summed E-state index contributed by atoms with van der Waals surface area (Å²) in [7, 11) is 1.59. The summed E-state index contributed by atoms with van der Waals surface area (Å²) < 4.78 is 7.05. The molecule has 2 rings (SSSR count). The highest BCUT2D eigenvalue weighted by Gasteiger charge is 2.23. The second kappa shape index (κ2) is 6.70. The van der Waals surface area contributed by atoms with Gasteiger partial charge < -0.3 is 10.1 Å². The number of nitrogens with zero attached hydrogens (tertiary/aromatic N) is 2. The van der Waals surface area contributed by atoms with Gasteiger partial charge in [-0.25, -0.2) is 0 Å². The highest BCUT2D eigenvalue weighted by Crippen LogP contribution is 2.24. The highest BCUT2D eigenvalue weighted by atomic mass is 16.5. The third kappa shape index (κ3) is 3.35. The zero-order valence-corrected chi connectivity index (χ0v) is 11.8. The summed E-state index contributed by atoms with van der Waals surface area (Å²) in [5.41, 5.74) is 0.642. The molecule has 0 bridgehead atoms. The average molecular weight is 265 g/mol. The van der Waals surface area contributed by atoms with Crippen molar-refractivity contribution in [3.05, 3.63) is 11.9 Å². The molecule has 1 aliphatic rings. The van der Waals surface area contributed by atoms with Gasteiger partial charge in [-0.3, -0.25) is 9.48 Å². The molecule has 1 aromatic heterocycles. The molecule has 1 aromatic rings. The van der Waals surface area contributed by atoms with Gasteiger partial charge >= 0.3 is 0 Å². The van der Waals surface area contributed by atoms with E-state index in [1.54, 1.807) is 18.0 Å². The number of methoxy groups -OCH3 is 1. The van der Waals surface area contributed by atoms with Crippen molar-refractivity contribution in [3.63, 3.8) is 0 Å². The Labute approximate surface area is 114 Å². The molecule has 0 aromatic carbocycles. The van der Waals surface area contributed by atoms with Crippen molar-refractivity contribution in [1.82, 2.24) is 15.1 Å². The SMILES string of the molecule is CCCn1ncc(OC)c1C(=O)CC1CCNCC1. The Kier molecular flexibility index (Phi) is 4.96. The number of rotatable bonds is 6. The third-order valence-corrected chi connectivity index (χ3v) is 3.66. The second-order valence-electron chi connectivity index (χ2n) is 5.11. The fourth-order valence-electron chi connectivity index (χ4n) is 2.62. The summed E-state index contributed by atoms with van der Waals surface area (Å²) in [6, 6.07) is 0. The number of nitrogens with one attached hydrogen (secondary N) is 1. The van der Waals surface area contributed by atoms with Crippen LogP contribution in [-0.2, 0) is 6.54 Å². The van der Waals surface area contributed by atoms with Gasteiger partial charge in [0, 0.05) is 13.0 Å². The monoisotopic (exact) mass is 265 g/mol. The smallest absolute Gasteiger partial charge is 0.184 e. The number of hydrogen-bond donors (Lipinski definition) is 1. The number of carbonyl (C=O) groups is 1. The van der Waals surface area contributed by atoms with Gasteiger partial charge in [0.1, 0.15) is 5.69 Å². The maximum atomic E-state index is 12.5. The molecule has 0 atom stereocenters. The minimum Gasteiger partial charge on any atom is -0.493 e. The van der Waals surface area contributed by atoms with Crippen molar-refractivity contribution in [2.45, 2.75) is 39.2 Å². The molecule has 0 saturated carbocycles. The van der Waals surface area contributed by atoms with Crippen LogP contribution in [0.25, 0.3) is 0 Å². The standard InChI is InChI=1S/C14H23N3O2/c1-3-8-17-14(13(19-2)10-16-17)12(18)9-11-4-6-15-7-5-11/h10-11,15H,3-9H2,1-2H3. The number of piperidine rings is 1. The van der Waals surface area contributed by atoms with Crippen LogP contribution in [0.5, 0.6) is 5.75 Å². The number of aryl methyl sites for hydroxylation is 1. The molecule has 1 aliphatic heterocycles. The molecule has 0 spiro atoms. The molecule has 5 heteroatoms. The van der Waals surface area contributed by atoms with E-state index in [9.17, 15) is 4.79 Å². The van der Waals surface area contributed by atoms with Crippen LogP contribution in [0.4, 0.5) is 0 Å². The van der Waals surface area contributed by atoms with E-state index in [2.05, 4.69) is 17.3 Å². The molecule has 0 unspecified atom stereocenters. The van der Waals surface area contributed by atoms with Crippen LogP contribution in [0.3, 0.4) is 0 Å². The van der Waals surface area contributed by atoms with E-state index in [1.807, 2.05) is 0 Å². The third-order valence-electron chi connectivity index (χ3n) is 3.66. The van der Waals surface area contributed by atoms with Gasteiger partial charge in [-0.15, -0.1) is 0 Å². The van der Waals surface area contributed by atoms with E-state index in [0.717, 1.165) is 38.9 Å². The molecule has 0 radical (unpaired) electrons. The average Bonchev–Trinajstić information content (AvgIpc) is 2.83. The molecule has 0 amide bonds. The van der Waals surface area contributed by atoms with Gasteiger partial charge in [0.05, 0.1) is 13.3 Å². The number of aromatic nitrogens is 2.